The zero-order valence-electron chi connectivity index (χ0n) is 9.23. The molecule has 1 amide bonds. The third-order valence-electron chi connectivity index (χ3n) is 2.18. The van der Waals surface area contributed by atoms with Gasteiger partial charge < -0.3 is 16.2 Å². The molecular weight excluding hydrogens is 204 g/mol. The molecule has 1 aromatic rings. The predicted octanol–water partition coefficient (Wildman–Crippen LogP) is 1.67. The summed E-state index contributed by atoms with van der Waals surface area (Å²) in [4.78, 5) is 11.8. The maximum absolute atomic E-state index is 11.8. The number of amides is 1. The van der Waals surface area contributed by atoms with E-state index >= 15 is 0 Å². The molecule has 0 aliphatic heterocycles. The number of phenols is 1. The zero-order chi connectivity index (χ0) is 12.1. The van der Waals surface area contributed by atoms with Crippen LogP contribution in [0.1, 0.15) is 23.7 Å². The Labute approximate surface area is 94.8 Å². The quantitative estimate of drug-likeness (QED) is 0.410. The van der Waals surface area contributed by atoms with E-state index in [4.69, 9.17) is 5.73 Å². The van der Waals surface area contributed by atoms with Crippen molar-refractivity contribution in [2.24, 2.45) is 0 Å². The Morgan fingerprint density at radius 3 is 3.00 bits per heavy atom. The predicted molar refractivity (Wildman–Crippen MR) is 64.3 cm³/mol. The lowest BCUT2D eigenvalue weighted by Crippen LogP contribution is -2.32. The number of phenolic OH excluding ortho intramolecular Hbond substituents is 1. The minimum atomic E-state index is -0.289. The van der Waals surface area contributed by atoms with Crippen LogP contribution in [0.5, 0.6) is 5.75 Å². The second kappa shape index (κ2) is 5.21. The first-order chi connectivity index (χ1) is 7.54. The van der Waals surface area contributed by atoms with Gasteiger partial charge in [0.05, 0.1) is 5.56 Å². The molecule has 1 atom stereocenters. The van der Waals surface area contributed by atoms with Gasteiger partial charge in [-0.05, 0) is 31.5 Å². The van der Waals surface area contributed by atoms with Crippen molar-refractivity contribution >= 4 is 11.6 Å². The average Bonchev–Trinajstić information content (AvgIpc) is 2.21. The van der Waals surface area contributed by atoms with E-state index in [1.54, 1.807) is 6.08 Å². The van der Waals surface area contributed by atoms with Crippen molar-refractivity contribution in [3.05, 3.63) is 36.4 Å². The molecule has 1 aromatic carbocycles. The van der Waals surface area contributed by atoms with Crippen molar-refractivity contribution < 1.29 is 9.90 Å². The van der Waals surface area contributed by atoms with Gasteiger partial charge in [0.1, 0.15) is 5.75 Å². The van der Waals surface area contributed by atoms with Gasteiger partial charge in [-0.2, -0.15) is 0 Å². The highest BCUT2D eigenvalue weighted by molar-refractivity contribution is 5.99. The Bertz CT molecular complexity index is 402. The molecule has 4 heteroatoms. The van der Waals surface area contributed by atoms with E-state index in [0.29, 0.717) is 12.1 Å². The zero-order valence-corrected chi connectivity index (χ0v) is 9.23. The number of anilines is 1. The summed E-state index contributed by atoms with van der Waals surface area (Å²) in [5.41, 5.74) is 6.28. The third kappa shape index (κ3) is 3.02. The van der Waals surface area contributed by atoms with Gasteiger partial charge in [-0.1, -0.05) is 6.08 Å². The summed E-state index contributed by atoms with van der Waals surface area (Å²) in [6.45, 7) is 5.47. The van der Waals surface area contributed by atoms with Crippen LogP contribution in [0.25, 0.3) is 0 Å². The van der Waals surface area contributed by atoms with Crippen LogP contribution >= 0.6 is 0 Å². The molecular formula is C12H16N2O2. The number of aromatic hydroxyl groups is 1. The van der Waals surface area contributed by atoms with Crippen molar-refractivity contribution in [2.75, 3.05) is 5.73 Å². The van der Waals surface area contributed by atoms with E-state index in [0.717, 1.165) is 0 Å². The molecule has 0 saturated heterocycles. The second-order valence-electron chi connectivity index (χ2n) is 3.67. The fraction of sp³-hybridized carbons (Fsp3) is 0.250. The van der Waals surface area contributed by atoms with E-state index in [2.05, 4.69) is 11.9 Å². The lowest BCUT2D eigenvalue weighted by Gasteiger charge is -2.13. The maximum Gasteiger partial charge on any atom is 0.253 e. The van der Waals surface area contributed by atoms with Crippen molar-refractivity contribution in [3.63, 3.8) is 0 Å². The van der Waals surface area contributed by atoms with Crippen LogP contribution in [0.2, 0.25) is 0 Å². The SMILES string of the molecule is C=CCC(C)NC(=O)c1cc(O)ccc1N. The molecule has 0 fully saturated rings. The lowest BCUT2D eigenvalue weighted by atomic mass is 10.1. The van der Waals surface area contributed by atoms with Crippen LogP contribution < -0.4 is 11.1 Å². The number of carbonyl (C=O) groups is 1. The normalized spacial score (nSPS) is 11.8. The first kappa shape index (κ1) is 12.1. The minimum absolute atomic E-state index is 0.00764. The van der Waals surface area contributed by atoms with E-state index < -0.39 is 0 Å². The number of benzene rings is 1. The second-order valence-corrected chi connectivity index (χ2v) is 3.67. The number of hydrogen-bond acceptors (Lipinski definition) is 3. The molecule has 4 nitrogen and oxygen atoms in total. The molecule has 0 bridgehead atoms. The van der Waals surface area contributed by atoms with Gasteiger partial charge in [0.15, 0.2) is 0 Å². The van der Waals surface area contributed by atoms with Crippen LogP contribution in [0.15, 0.2) is 30.9 Å². The Morgan fingerprint density at radius 1 is 1.69 bits per heavy atom. The van der Waals surface area contributed by atoms with Crippen LogP contribution in [-0.4, -0.2) is 17.1 Å². The molecule has 1 rings (SSSR count). The first-order valence-electron chi connectivity index (χ1n) is 5.05. The van der Waals surface area contributed by atoms with Gasteiger partial charge in [0.25, 0.3) is 5.91 Å². The Hall–Kier alpha value is -1.97. The molecule has 0 aliphatic carbocycles. The van der Waals surface area contributed by atoms with Gasteiger partial charge in [0.2, 0.25) is 0 Å². The fourth-order valence-corrected chi connectivity index (χ4v) is 1.35. The number of nitrogens with one attached hydrogen (secondary N) is 1. The highest BCUT2D eigenvalue weighted by atomic mass is 16.3. The average molecular weight is 220 g/mol. The number of rotatable bonds is 4. The number of nitrogens with two attached hydrogens (primary N) is 1. The topological polar surface area (TPSA) is 75.3 Å². The molecule has 0 saturated carbocycles. The summed E-state index contributed by atoms with van der Waals surface area (Å²) in [5.74, 6) is -0.265. The highest BCUT2D eigenvalue weighted by Gasteiger charge is 2.12. The summed E-state index contributed by atoms with van der Waals surface area (Å²) in [6, 6.07) is 4.29. The Balaban J connectivity index is 2.80. The summed E-state index contributed by atoms with van der Waals surface area (Å²) in [7, 11) is 0. The first-order valence-corrected chi connectivity index (χ1v) is 5.05. The van der Waals surface area contributed by atoms with Crippen molar-refractivity contribution in [1.82, 2.24) is 5.32 Å². The fourth-order valence-electron chi connectivity index (χ4n) is 1.35. The van der Waals surface area contributed by atoms with Crippen LogP contribution in [0.4, 0.5) is 5.69 Å². The minimum Gasteiger partial charge on any atom is -0.508 e. The molecule has 4 N–H and O–H groups in total. The molecule has 0 radical (unpaired) electrons. The van der Waals surface area contributed by atoms with Gasteiger partial charge in [-0.3, -0.25) is 4.79 Å². The van der Waals surface area contributed by atoms with E-state index in [1.165, 1.54) is 18.2 Å². The summed E-state index contributed by atoms with van der Waals surface area (Å²) >= 11 is 0. The summed E-state index contributed by atoms with van der Waals surface area (Å²) in [6.07, 6.45) is 2.42. The molecule has 0 spiro atoms. The molecule has 0 aromatic heterocycles. The molecule has 16 heavy (non-hydrogen) atoms. The van der Waals surface area contributed by atoms with Crippen molar-refractivity contribution in [2.45, 2.75) is 19.4 Å². The molecule has 0 heterocycles. The van der Waals surface area contributed by atoms with Crippen LogP contribution in [0.3, 0.4) is 0 Å². The molecule has 1 unspecified atom stereocenters. The number of nitrogen functional groups attached to an aromatic ring is 1. The highest BCUT2D eigenvalue weighted by Crippen LogP contribution is 2.18. The van der Waals surface area contributed by atoms with Crippen molar-refractivity contribution in [1.29, 1.82) is 0 Å². The Morgan fingerprint density at radius 2 is 2.38 bits per heavy atom. The standard InChI is InChI=1S/C12H16N2O2/c1-3-4-8(2)14-12(16)10-7-9(15)5-6-11(10)13/h3,5-8,15H,1,4,13H2,2H3,(H,14,16). The summed E-state index contributed by atoms with van der Waals surface area (Å²) in [5, 5.41) is 12.0. The van der Waals surface area contributed by atoms with Crippen molar-refractivity contribution in [3.8, 4) is 5.75 Å². The smallest absolute Gasteiger partial charge is 0.253 e. The molecule has 86 valence electrons. The lowest BCUT2D eigenvalue weighted by molar-refractivity contribution is 0.0941. The van der Waals surface area contributed by atoms with Gasteiger partial charge in [-0.15, -0.1) is 6.58 Å². The third-order valence-corrected chi connectivity index (χ3v) is 2.18. The largest absolute Gasteiger partial charge is 0.508 e. The number of carbonyl (C=O) groups excluding carboxylic acids is 1. The van der Waals surface area contributed by atoms with E-state index in [-0.39, 0.29) is 23.3 Å². The maximum atomic E-state index is 11.8. The van der Waals surface area contributed by atoms with E-state index in [1.807, 2.05) is 6.92 Å². The number of hydrogen-bond donors (Lipinski definition) is 3. The Kier molecular flexibility index (Phi) is 3.94. The van der Waals surface area contributed by atoms with Crippen LogP contribution in [0, 0.1) is 0 Å². The van der Waals surface area contributed by atoms with Gasteiger partial charge in [-0.25, -0.2) is 0 Å². The monoisotopic (exact) mass is 220 g/mol. The molecule has 0 aliphatic rings. The van der Waals surface area contributed by atoms with Crippen LogP contribution in [-0.2, 0) is 0 Å². The summed E-state index contributed by atoms with van der Waals surface area (Å²) < 4.78 is 0. The van der Waals surface area contributed by atoms with E-state index in [9.17, 15) is 9.90 Å². The van der Waals surface area contributed by atoms with Gasteiger partial charge >= 0.3 is 0 Å². The van der Waals surface area contributed by atoms with Gasteiger partial charge in [0, 0.05) is 11.7 Å².